The number of benzene rings is 1. The number of rotatable bonds is 6. The zero-order valence-electron chi connectivity index (χ0n) is 19.9. The molecule has 2 atom stereocenters. The van der Waals surface area contributed by atoms with Gasteiger partial charge in [0.1, 0.15) is 11.7 Å². The van der Waals surface area contributed by atoms with Gasteiger partial charge in [-0.3, -0.25) is 0 Å². The molecule has 1 N–H and O–H groups in total. The van der Waals surface area contributed by atoms with E-state index in [9.17, 15) is 5.11 Å². The van der Waals surface area contributed by atoms with Crippen molar-refractivity contribution in [3.05, 3.63) is 53.2 Å². The lowest BCUT2D eigenvalue weighted by molar-refractivity contribution is -0.127. The molecule has 5 nitrogen and oxygen atoms in total. The van der Waals surface area contributed by atoms with Gasteiger partial charge in [0.2, 0.25) is 5.88 Å². The number of likely N-dealkylation sites (tertiary alicyclic amines) is 1. The van der Waals surface area contributed by atoms with Gasteiger partial charge in [-0.1, -0.05) is 58.9 Å². The normalized spacial score (nSPS) is 24.6. The summed E-state index contributed by atoms with van der Waals surface area (Å²) in [7, 11) is 2.09. The van der Waals surface area contributed by atoms with Crippen LogP contribution in [0.2, 0.25) is 0 Å². The van der Waals surface area contributed by atoms with Crippen molar-refractivity contribution in [2.75, 3.05) is 20.1 Å². The van der Waals surface area contributed by atoms with Gasteiger partial charge < -0.3 is 14.7 Å². The fraction of sp³-hybridized carbons (Fsp3) is 0.615. The first-order valence-corrected chi connectivity index (χ1v) is 11.6. The van der Waals surface area contributed by atoms with Crippen LogP contribution in [0.25, 0.3) is 0 Å². The van der Waals surface area contributed by atoms with E-state index in [4.69, 9.17) is 4.74 Å². The van der Waals surface area contributed by atoms with E-state index in [-0.39, 0.29) is 16.9 Å². The monoisotopic (exact) mass is 423 g/mol. The molecule has 4 rings (SSSR count). The molecule has 1 aromatic heterocycles. The van der Waals surface area contributed by atoms with Crippen molar-refractivity contribution >= 4 is 0 Å². The largest absolute Gasteiger partial charge is 0.473 e. The van der Waals surface area contributed by atoms with Crippen LogP contribution in [-0.2, 0) is 5.60 Å². The number of hydrogen-bond donors (Lipinski definition) is 1. The SMILES string of the molecule is CC(C)c1ccc(C(O)(c2cnnc(OC3CCCC3(C)C)c2)C2(C)CN(C)C2)cc1. The highest BCUT2D eigenvalue weighted by Crippen LogP contribution is 2.50. The van der Waals surface area contributed by atoms with Crippen molar-refractivity contribution in [3.63, 3.8) is 0 Å². The predicted molar refractivity (Wildman–Crippen MR) is 123 cm³/mol. The van der Waals surface area contributed by atoms with Crippen LogP contribution in [0.1, 0.15) is 76.5 Å². The van der Waals surface area contributed by atoms with E-state index in [1.54, 1.807) is 6.20 Å². The highest BCUT2D eigenvalue weighted by molar-refractivity contribution is 5.42. The second kappa shape index (κ2) is 7.86. The van der Waals surface area contributed by atoms with Crippen LogP contribution >= 0.6 is 0 Å². The molecule has 2 unspecified atom stereocenters. The van der Waals surface area contributed by atoms with E-state index in [0.717, 1.165) is 37.1 Å². The molecule has 168 valence electrons. The zero-order chi connectivity index (χ0) is 22.4. The van der Waals surface area contributed by atoms with Crippen LogP contribution in [0.3, 0.4) is 0 Å². The lowest BCUT2D eigenvalue weighted by atomic mass is 9.62. The molecule has 1 aliphatic heterocycles. The van der Waals surface area contributed by atoms with Crippen LogP contribution in [0.4, 0.5) is 0 Å². The summed E-state index contributed by atoms with van der Waals surface area (Å²) in [4.78, 5) is 2.24. The molecule has 5 heteroatoms. The summed E-state index contributed by atoms with van der Waals surface area (Å²) in [5, 5.41) is 20.8. The van der Waals surface area contributed by atoms with E-state index in [0.29, 0.717) is 11.8 Å². The molecule has 2 aromatic rings. The van der Waals surface area contributed by atoms with Crippen molar-refractivity contribution in [3.8, 4) is 5.88 Å². The van der Waals surface area contributed by atoms with Crippen molar-refractivity contribution in [1.29, 1.82) is 0 Å². The number of nitrogens with zero attached hydrogens (tertiary/aromatic N) is 3. The molecule has 0 bridgehead atoms. The molecule has 2 heterocycles. The van der Waals surface area contributed by atoms with Crippen molar-refractivity contribution in [2.24, 2.45) is 10.8 Å². The summed E-state index contributed by atoms with van der Waals surface area (Å²) in [6.07, 6.45) is 5.18. The Bertz CT molecular complexity index is 919. The predicted octanol–water partition coefficient (Wildman–Crippen LogP) is 4.75. The molecular weight excluding hydrogens is 386 g/mol. The Balaban J connectivity index is 1.72. The average Bonchev–Trinajstić information content (AvgIpc) is 3.04. The van der Waals surface area contributed by atoms with Crippen LogP contribution < -0.4 is 4.74 Å². The summed E-state index contributed by atoms with van der Waals surface area (Å²) in [5.74, 6) is 0.955. The summed E-state index contributed by atoms with van der Waals surface area (Å²) >= 11 is 0. The van der Waals surface area contributed by atoms with Gasteiger partial charge in [0.25, 0.3) is 0 Å². The third-order valence-corrected chi connectivity index (χ3v) is 7.58. The highest BCUT2D eigenvalue weighted by atomic mass is 16.5. The van der Waals surface area contributed by atoms with E-state index in [1.807, 2.05) is 6.07 Å². The molecule has 1 aliphatic carbocycles. The van der Waals surface area contributed by atoms with Crippen molar-refractivity contribution < 1.29 is 9.84 Å². The minimum atomic E-state index is -1.17. The van der Waals surface area contributed by atoms with Crippen LogP contribution in [-0.4, -0.2) is 46.4 Å². The molecule has 1 saturated carbocycles. The van der Waals surface area contributed by atoms with Crippen molar-refractivity contribution in [1.82, 2.24) is 15.1 Å². The van der Waals surface area contributed by atoms with Gasteiger partial charge in [-0.2, -0.15) is 5.10 Å². The standard InChI is InChI=1S/C26H37N3O2/c1-18(2)19-9-11-20(12-10-19)26(30,25(5)16-29(6)17-25)21-14-23(28-27-15-21)31-22-8-7-13-24(22,3)4/h9-12,14-15,18,22,30H,7-8,13,16-17H2,1-6H3. The molecule has 31 heavy (non-hydrogen) atoms. The van der Waals surface area contributed by atoms with Crippen LogP contribution in [0, 0.1) is 10.8 Å². The molecule has 1 aromatic carbocycles. The smallest absolute Gasteiger partial charge is 0.234 e. The average molecular weight is 424 g/mol. The number of hydrogen-bond acceptors (Lipinski definition) is 5. The number of aromatic nitrogens is 2. The van der Waals surface area contributed by atoms with E-state index >= 15 is 0 Å². The minimum Gasteiger partial charge on any atom is -0.473 e. The maximum absolute atomic E-state index is 12.3. The number of ether oxygens (including phenoxy) is 1. The maximum atomic E-state index is 12.3. The van der Waals surface area contributed by atoms with E-state index < -0.39 is 5.60 Å². The van der Waals surface area contributed by atoms with Crippen LogP contribution in [0.5, 0.6) is 5.88 Å². The Hall–Kier alpha value is -1.98. The van der Waals surface area contributed by atoms with Gasteiger partial charge >= 0.3 is 0 Å². The van der Waals surface area contributed by atoms with Gasteiger partial charge in [0, 0.05) is 35.5 Å². The second-order valence-electron chi connectivity index (χ2n) is 11.0. The quantitative estimate of drug-likeness (QED) is 0.727. The first-order chi connectivity index (χ1) is 14.5. The third kappa shape index (κ3) is 3.87. The molecule has 1 saturated heterocycles. The lowest BCUT2D eigenvalue weighted by Gasteiger charge is -2.55. The van der Waals surface area contributed by atoms with E-state index in [2.05, 4.69) is 81.0 Å². The molecule has 0 amide bonds. The highest BCUT2D eigenvalue weighted by Gasteiger charge is 2.55. The molecule has 0 spiro atoms. The van der Waals surface area contributed by atoms with Gasteiger partial charge in [-0.25, -0.2) is 0 Å². The molecule has 2 fully saturated rings. The molecule has 0 radical (unpaired) electrons. The fourth-order valence-electron chi connectivity index (χ4n) is 5.61. The summed E-state index contributed by atoms with van der Waals surface area (Å²) in [5.41, 5.74) is 1.54. The second-order valence-corrected chi connectivity index (χ2v) is 11.0. The lowest BCUT2D eigenvalue weighted by Crippen LogP contribution is -2.63. The summed E-state index contributed by atoms with van der Waals surface area (Å²) in [6.45, 7) is 12.6. The van der Waals surface area contributed by atoms with Gasteiger partial charge in [-0.05, 0) is 43.4 Å². The summed E-state index contributed by atoms with van der Waals surface area (Å²) < 4.78 is 6.30. The molecule has 2 aliphatic rings. The maximum Gasteiger partial charge on any atom is 0.234 e. The third-order valence-electron chi connectivity index (χ3n) is 7.58. The topological polar surface area (TPSA) is 58.5 Å². The first-order valence-electron chi connectivity index (χ1n) is 11.6. The van der Waals surface area contributed by atoms with Gasteiger partial charge in [-0.15, -0.1) is 5.10 Å². The first kappa shape index (κ1) is 22.2. The zero-order valence-corrected chi connectivity index (χ0v) is 19.9. The fourth-order valence-corrected chi connectivity index (χ4v) is 5.61. The Labute approximate surface area is 186 Å². The Morgan fingerprint density at radius 3 is 2.35 bits per heavy atom. The Morgan fingerprint density at radius 2 is 1.81 bits per heavy atom. The number of aliphatic hydroxyl groups is 1. The molecular formula is C26H37N3O2. The van der Waals surface area contributed by atoms with Gasteiger partial charge in [0.15, 0.2) is 0 Å². The van der Waals surface area contributed by atoms with Gasteiger partial charge in [0.05, 0.1) is 6.20 Å². The van der Waals surface area contributed by atoms with Crippen LogP contribution in [0.15, 0.2) is 36.5 Å². The van der Waals surface area contributed by atoms with E-state index in [1.165, 1.54) is 12.0 Å². The minimum absolute atomic E-state index is 0.126. The Kier molecular flexibility index (Phi) is 5.63. The summed E-state index contributed by atoms with van der Waals surface area (Å²) in [6, 6.07) is 10.3. The Morgan fingerprint density at radius 1 is 1.13 bits per heavy atom. The van der Waals surface area contributed by atoms with Crippen molar-refractivity contribution in [2.45, 2.75) is 71.5 Å².